The normalized spacial score (nSPS) is 14.6. The maximum absolute atomic E-state index is 13.1. The number of carbonyl (C=O) groups is 2. The van der Waals surface area contributed by atoms with Crippen molar-refractivity contribution in [3.8, 4) is 5.75 Å². The van der Waals surface area contributed by atoms with Crippen LogP contribution < -0.4 is 10.1 Å². The minimum atomic E-state index is -0.0993. The summed E-state index contributed by atoms with van der Waals surface area (Å²) in [5.74, 6) is 0.639. The minimum absolute atomic E-state index is 0.00415. The maximum Gasteiger partial charge on any atom is 0.254 e. The highest BCUT2D eigenvalue weighted by Gasteiger charge is 2.28. The smallest absolute Gasteiger partial charge is 0.254 e. The number of anilines is 1. The largest absolute Gasteiger partial charge is 0.497 e. The molecule has 1 fully saturated rings. The van der Waals surface area contributed by atoms with Gasteiger partial charge in [0.15, 0.2) is 0 Å². The van der Waals surface area contributed by atoms with E-state index in [-0.39, 0.29) is 17.7 Å². The van der Waals surface area contributed by atoms with Gasteiger partial charge in [0.05, 0.1) is 7.11 Å². The van der Waals surface area contributed by atoms with E-state index >= 15 is 0 Å². The second-order valence-electron chi connectivity index (χ2n) is 7.31. The van der Waals surface area contributed by atoms with Crippen LogP contribution in [0.5, 0.6) is 5.75 Å². The van der Waals surface area contributed by atoms with Crippen molar-refractivity contribution in [1.29, 1.82) is 0 Å². The van der Waals surface area contributed by atoms with Gasteiger partial charge in [0.2, 0.25) is 5.91 Å². The molecule has 3 aromatic carbocycles. The quantitative estimate of drug-likeness (QED) is 0.723. The van der Waals surface area contributed by atoms with Crippen molar-refractivity contribution in [3.63, 3.8) is 0 Å². The zero-order valence-corrected chi connectivity index (χ0v) is 16.4. The average molecular weight is 388 g/mol. The number of methoxy groups -OCH3 is 1. The zero-order valence-electron chi connectivity index (χ0n) is 16.4. The highest BCUT2D eigenvalue weighted by molar-refractivity contribution is 6.07. The maximum atomic E-state index is 13.1. The number of rotatable bonds is 4. The number of ether oxygens (including phenoxy) is 1. The highest BCUT2D eigenvalue weighted by atomic mass is 16.5. The number of hydrogen-bond acceptors (Lipinski definition) is 3. The van der Waals surface area contributed by atoms with Gasteiger partial charge in [0.25, 0.3) is 5.91 Å². The average Bonchev–Trinajstić information content (AvgIpc) is 2.78. The van der Waals surface area contributed by atoms with Gasteiger partial charge in [-0.15, -0.1) is 0 Å². The van der Waals surface area contributed by atoms with Gasteiger partial charge in [0.1, 0.15) is 5.75 Å². The second kappa shape index (κ2) is 8.35. The standard InChI is InChI=1S/C24H24N2O3/c1-29-20-9-5-8-19(16-20)25-23(27)18-12-14-26(15-13-18)24(28)22-11-4-7-17-6-2-3-10-21(17)22/h2-11,16,18H,12-15H2,1H3,(H,25,27). The van der Waals surface area contributed by atoms with Crippen LogP contribution in [0.4, 0.5) is 5.69 Å². The van der Waals surface area contributed by atoms with E-state index < -0.39 is 0 Å². The fraction of sp³-hybridized carbons (Fsp3) is 0.250. The van der Waals surface area contributed by atoms with E-state index in [0.29, 0.717) is 31.7 Å². The van der Waals surface area contributed by atoms with E-state index in [1.165, 1.54) is 0 Å². The molecule has 1 heterocycles. The fourth-order valence-electron chi connectivity index (χ4n) is 3.87. The van der Waals surface area contributed by atoms with Crippen molar-refractivity contribution in [1.82, 2.24) is 4.90 Å². The fourth-order valence-corrected chi connectivity index (χ4v) is 3.87. The van der Waals surface area contributed by atoms with Gasteiger partial charge in [0, 0.05) is 36.3 Å². The van der Waals surface area contributed by atoms with Crippen LogP contribution in [0.3, 0.4) is 0 Å². The summed E-state index contributed by atoms with van der Waals surface area (Å²) in [5.41, 5.74) is 1.45. The lowest BCUT2D eigenvalue weighted by atomic mass is 9.94. The molecule has 0 atom stereocenters. The van der Waals surface area contributed by atoms with Crippen LogP contribution in [-0.4, -0.2) is 36.9 Å². The lowest BCUT2D eigenvalue weighted by molar-refractivity contribution is -0.121. The molecule has 1 saturated heterocycles. The molecule has 0 saturated carbocycles. The van der Waals surface area contributed by atoms with E-state index in [4.69, 9.17) is 4.74 Å². The Morgan fingerprint density at radius 1 is 0.966 bits per heavy atom. The number of benzene rings is 3. The van der Waals surface area contributed by atoms with Gasteiger partial charge in [-0.1, -0.05) is 42.5 Å². The molecule has 29 heavy (non-hydrogen) atoms. The van der Waals surface area contributed by atoms with Crippen molar-refractivity contribution >= 4 is 28.3 Å². The van der Waals surface area contributed by atoms with Gasteiger partial charge < -0.3 is 15.0 Å². The Kier molecular flexibility index (Phi) is 5.47. The summed E-state index contributed by atoms with van der Waals surface area (Å²) in [4.78, 5) is 27.6. The van der Waals surface area contributed by atoms with E-state index in [1.54, 1.807) is 13.2 Å². The number of hydrogen-bond donors (Lipinski definition) is 1. The Morgan fingerprint density at radius 3 is 2.48 bits per heavy atom. The predicted octanol–water partition coefficient (Wildman–Crippen LogP) is 4.34. The number of nitrogens with one attached hydrogen (secondary N) is 1. The van der Waals surface area contributed by atoms with Crippen LogP contribution in [0.2, 0.25) is 0 Å². The Bertz CT molecular complexity index is 1030. The summed E-state index contributed by atoms with van der Waals surface area (Å²) in [7, 11) is 1.60. The van der Waals surface area contributed by atoms with Gasteiger partial charge in [-0.25, -0.2) is 0 Å². The van der Waals surface area contributed by atoms with Gasteiger partial charge in [-0.2, -0.15) is 0 Å². The lowest BCUT2D eigenvalue weighted by Crippen LogP contribution is -2.41. The van der Waals surface area contributed by atoms with Crippen molar-refractivity contribution < 1.29 is 14.3 Å². The summed E-state index contributed by atoms with van der Waals surface area (Å²) in [6, 6.07) is 21.1. The molecule has 5 heteroatoms. The Balaban J connectivity index is 1.39. The van der Waals surface area contributed by atoms with Crippen LogP contribution in [0.15, 0.2) is 66.7 Å². The van der Waals surface area contributed by atoms with Crippen molar-refractivity contribution in [2.75, 3.05) is 25.5 Å². The number of piperidine rings is 1. The van der Waals surface area contributed by atoms with Crippen molar-refractivity contribution in [3.05, 3.63) is 72.3 Å². The molecule has 1 aliphatic rings. The summed E-state index contributed by atoms with van der Waals surface area (Å²) < 4.78 is 5.20. The summed E-state index contributed by atoms with van der Waals surface area (Å²) in [5, 5.41) is 5.00. The molecule has 148 valence electrons. The van der Waals surface area contributed by atoms with Crippen LogP contribution in [0.25, 0.3) is 10.8 Å². The first kappa shape index (κ1) is 19.0. The molecular weight excluding hydrogens is 364 g/mol. The molecular formula is C24H24N2O3. The van der Waals surface area contributed by atoms with Gasteiger partial charge in [-0.05, 0) is 41.8 Å². The summed E-state index contributed by atoms with van der Waals surface area (Å²) >= 11 is 0. The lowest BCUT2D eigenvalue weighted by Gasteiger charge is -2.31. The highest BCUT2D eigenvalue weighted by Crippen LogP contribution is 2.25. The Morgan fingerprint density at radius 2 is 1.69 bits per heavy atom. The number of amides is 2. The van der Waals surface area contributed by atoms with E-state index in [0.717, 1.165) is 22.0 Å². The third kappa shape index (κ3) is 4.09. The SMILES string of the molecule is COc1cccc(NC(=O)C2CCN(C(=O)c3cccc4ccccc34)CC2)c1. The van der Waals surface area contributed by atoms with Crippen LogP contribution in [0, 0.1) is 5.92 Å². The number of nitrogens with zero attached hydrogens (tertiary/aromatic N) is 1. The molecule has 0 radical (unpaired) electrons. The van der Waals surface area contributed by atoms with Gasteiger partial charge in [-0.3, -0.25) is 9.59 Å². The van der Waals surface area contributed by atoms with Crippen LogP contribution in [-0.2, 0) is 4.79 Å². The third-order valence-corrected chi connectivity index (χ3v) is 5.51. The number of fused-ring (bicyclic) bond motifs is 1. The molecule has 5 nitrogen and oxygen atoms in total. The molecule has 4 rings (SSSR count). The summed E-state index contributed by atoms with van der Waals surface area (Å²) in [6.45, 7) is 1.16. The first-order valence-electron chi connectivity index (χ1n) is 9.87. The first-order valence-corrected chi connectivity index (χ1v) is 9.87. The molecule has 1 aliphatic heterocycles. The molecule has 0 unspecified atom stereocenters. The summed E-state index contributed by atoms with van der Waals surface area (Å²) in [6.07, 6.45) is 1.32. The number of likely N-dealkylation sites (tertiary alicyclic amines) is 1. The third-order valence-electron chi connectivity index (χ3n) is 5.51. The molecule has 0 bridgehead atoms. The van der Waals surface area contributed by atoms with Crippen LogP contribution >= 0.6 is 0 Å². The first-order chi connectivity index (χ1) is 14.2. The molecule has 0 spiro atoms. The number of carbonyl (C=O) groups excluding carboxylic acids is 2. The Hall–Kier alpha value is -3.34. The Labute approximate surface area is 170 Å². The molecule has 0 aliphatic carbocycles. The molecule has 3 aromatic rings. The van der Waals surface area contributed by atoms with Gasteiger partial charge >= 0.3 is 0 Å². The predicted molar refractivity (Wildman–Crippen MR) is 114 cm³/mol. The van der Waals surface area contributed by atoms with E-state index in [9.17, 15) is 9.59 Å². The van der Waals surface area contributed by atoms with Crippen LogP contribution in [0.1, 0.15) is 23.2 Å². The van der Waals surface area contributed by atoms with Crippen molar-refractivity contribution in [2.45, 2.75) is 12.8 Å². The monoisotopic (exact) mass is 388 g/mol. The van der Waals surface area contributed by atoms with E-state index in [2.05, 4.69) is 5.32 Å². The topological polar surface area (TPSA) is 58.6 Å². The second-order valence-corrected chi connectivity index (χ2v) is 7.31. The minimum Gasteiger partial charge on any atom is -0.497 e. The molecule has 1 N–H and O–H groups in total. The molecule has 2 amide bonds. The van der Waals surface area contributed by atoms with E-state index in [1.807, 2.05) is 65.6 Å². The molecule has 0 aromatic heterocycles. The van der Waals surface area contributed by atoms with Crippen molar-refractivity contribution in [2.24, 2.45) is 5.92 Å². The zero-order chi connectivity index (χ0) is 20.2.